The van der Waals surface area contributed by atoms with Crippen LogP contribution >= 0.6 is 0 Å². The third-order valence-corrected chi connectivity index (χ3v) is 2.66. The van der Waals surface area contributed by atoms with Gasteiger partial charge in [-0.2, -0.15) is 4.99 Å². The van der Waals surface area contributed by atoms with Crippen molar-refractivity contribution >= 4 is 11.8 Å². The maximum absolute atomic E-state index is 11.3. The summed E-state index contributed by atoms with van der Waals surface area (Å²) in [4.78, 5) is 15.2. The van der Waals surface area contributed by atoms with Crippen LogP contribution in [0.3, 0.4) is 0 Å². The summed E-state index contributed by atoms with van der Waals surface area (Å²) in [6.45, 7) is 2.55. The summed E-state index contributed by atoms with van der Waals surface area (Å²) in [5.74, 6) is 1.22. The Morgan fingerprint density at radius 2 is 2.25 bits per heavy atom. The summed E-state index contributed by atoms with van der Waals surface area (Å²) >= 11 is 0. The Bertz CT molecular complexity index is 235. The molecular formula is C9H13NO2. The Labute approximate surface area is 71.8 Å². The van der Waals surface area contributed by atoms with Gasteiger partial charge in [0.15, 0.2) is 5.90 Å². The Hall–Kier alpha value is -0.860. The summed E-state index contributed by atoms with van der Waals surface area (Å²) in [5.41, 5.74) is 0. The molecule has 12 heavy (non-hydrogen) atoms. The fourth-order valence-electron chi connectivity index (χ4n) is 2.11. The van der Waals surface area contributed by atoms with E-state index in [4.69, 9.17) is 4.74 Å². The van der Waals surface area contributed by atoms with Gasteiger partial charge in [0.2, 0.25) is 0 Å². The smallest absolute Gasteiger partial charge is 0.252 e. The molecule has 1 heterocycles. The number of amides is 1. The normalized spacial score (nSPS) is 33.4. The van der Waals surface area contributed by atoms with Crippen LogP contribution in [-0.4, -0.2) is 18.4 Å². The number of hydrogen-bond acceptors (Lipinski definition) is 2. The molecule has 0 aromatic rings. The van der Waals surface area contributed by atoms with Gasteiger partial charge in [0.25, 0.3) is 5.91 Å². The first-order chi connectivity index (χ1) is 5.83. The summed E-state index contributed by atoms with van der Waals surface area (Å²) < 4.78 is 5.32. The van der Waals surface area contributed by atoms with Crippen LogP contribution in [0.2, 0.25) is 0 Å². The standard InChI is InChI=1S/C9H13NO2/c1-2-12-9-7-5-3-4-6(7)8(11)10-9/h6-7H,2-5H2,1H3. The number of carbonyl (C=O) groups is 1. The first-order valence-electron chi connectivity index (χ1n) is 4.58. The molecule has 0 radical (unpaired) electrons. The first-order valence-corrected chi connectivity index (χ1v) is 4.58. The van der Waals surface area contributed by atoms with E-state index in [9.17, 15) is 4.79 Å². The molecule has 1 amide bonds. The number of fused-ring (bicyclic) bond motifs is 1. The molecule has 0 aromatic heterocycles. The molecule has 0 spiro atoms. The molecule has 0 saturated heterocycles. The number of ether oxygens (including phenoxy) is 1. The van der Waals surface area contributed by atoms with Crippen LogP contribution in [-0.2, 0) is 9.53 Å². The molecule has 0 aromatic carbocycles. The molecule has 3 nitrogen and oxygen atoms in total. The quantitative estimate of drug-likeness (QED) is 0.591. The maximum atomic E-state index is 11.3. The SMILES string of the molecule is CCOC1=NC(=O)C2CCCC12. The van der Waals surface area contributed by atoms with Crippen LogP contribution in [0, 0.1) is 11.8 Å². The van der Waals surface area contributed by atoms with Gasteiger partial charge in [0, 0.05) is 5.92 Å². The topological polar surface area (TPSA) is 38.7 Å². The van der Waals surface area contributed by atoms with Crippen molar-refractivity contribution < 1.29 is 9.53 Å². The van der Waals surface area contributed by atoms with Gasteiger partial charge in [-0.1, -0.05) is 6.42 Å². The third-order valence-electron chi connectivity index (χ3n) is 2.66. The van der Waals surface area contributed by atoms with Crippen molar-refractivity contribution in [3.05, 3.63) is 0 Å². The van der Waals surface area contributed by atoms with Crippen LogP contribution < -0.4 is 0 Å². The summed E-state index contributed by atoms with van der Waals surface area (Å²) in [5, 5.41) is 0. The molecular weight excluding hydrogens is 154 g/mol. The average molecular weight is 167 g/mol. The molecule has 2 unspecified atom stereocenters. The van der Waals surface area contributed by atoms with Crippen molar-refractivity contribution in [2.24, 2.45) is 16.8 Å². The molecule has 2 aliphatic rings. The molecule has 66 valence electrons. The van der Waals surface area contributed by atoms with Gasteiger partial charge in [-0.3, -0.25) is 4.79 Å². The number of carbonyl (C=O) groups excluding carboxylic acids is 1. The van der Waals surface area contributed by atoms with Crippen molar-refractivity contribution in [3.8, 4) is 0 Å². The van der Waals surface area contributed by atoms with Crippen molar-refractivity contribution in [2.75, 3.05) is 6.61 Å². The zero-order chi connectivity index (χ0) is 8.55. The minimum atomic E-state index is 0.0425. The molecule has 1 fully saturated rings. The first kappa shape index (κ1) is 7.77. The van der Waals surface area contributed by atoms with E-state index in [1.807, 2.05) is 6.92 Å². The second-order valence-corrected chi connectivity index (χ2v) is 3.37. The largest absolute Gasteiger partial charge is 0.481 e. The molecule has 1 saturated carbocycles. The van der Waals surface area contributed by atoms with Gasteiger partial charge in [-0.05, 0) is 19.8 Å². The number of rotatable bonds is 1. The van der Waals surface area contributed by atoms with Gasteiger partial charge in [0.1, 0.15) is 0 Å². The van der Waals surface area contributed by atoms with Crippen molar-refractivity contribution in [1.29, 1.82) is 0 Å². The average Bonchev–Trinajstić information content (AvgIpc) is 2.58. The highest BCUT2D eigenvalue weighted by Crippen LogP contribution is 2.37. The van der Waals surface area contributed by atoms with E-state index >= 15 is 0 Å². The zero-order valence-electron chi connectivity index (χ0n) is 7.25. The highest BCUT2D eigenvalue weighted by molar-refractivity contribution is 6.01. The van der Waals surface area contributed by atoms with Gasteiger partial charge < -0.3 is 4.74 Å². The van der Waals surface area contributed by atoms with Crippen molar-refractivity contribution in [2.45, 2.75) is 26.2 Å². The van der Waals surface area contributed by atoms with Gasteiger partial charge in [-0.15, -0.1) is 0 Å². The third kappa shape index (κ3) is 1.04. The predicted molar refractivity (Wildman–Crippen MR) is 44.9 cm³/mol. The fraction of sp³-hybridized carbons (Fsp3) is 0.778. The van der Waals surface area contributed by atoms with Crippen LogP contribution in [0.25, 0.3) is 0 Å². The second-order valence-electron chi connectivity index (χ2n) is 3.37. The van der Waals surface area contributed by atoms with E-state index in [0.717, 1.165) is 19.3 Å². The lowest BCUT2D eigenvalue weighted by Crippen LogP contribution is -2.16. The van der Waals surface area contributed by atoms with Gasteiger partial charge >= 0.3 is 0 Å². The number of aliphatic imine (C=N–C) groups is 1. The van der Waals surface area contributed by atoms with E-state index < -0.39 is 0 Å². The van der Waals surface area contributed by atoms with Gasteiger partial charge in [0.05, 0.1) is 12.5 Å². The Kier molecular flexibility index (Phi) is 1.87. The van der Waals surface area contributed by atoms with E-state index in [2.05, 4.69) is 4.99 Å². The lowest BCUT2D eigenvalue weighted by Gasteiger charge is -2.09. The highest BCUT2D eigenvalue weighted by Gasteiger charge is 2.42. The van der Waals surface area contributed by atoms with E-state index in [1.165, 1.54) is 0 Å². The zero-order valence-corrected chi connectivity index (χ0v) is 7.25. The van der Waals surface area contributed by atoms with Crippen LogP contribution in [0.15, 0.2) is 4.99 Å². The summed E-state index contributed by atoms with van der Waals surface area (Å²) in [7, 11) is 0. The minimum Gasteiger partial charge on any atom is -0.481 e. The van der Waals surface area contributed by atoms with Crippen molar-refractivity contribution in [3.63, 3.8) is 0 Å². The van der Waals surface area contributed by atoms with Crippen molar-refractivity contribution in [1.82, 2.24) is 0 Å². The van der Waals surface area contributed by atoms with Crippen LogP contribution in [0.5, 0.6) is 0 Å². The summed E-state index contributed by atoms with van der Waals surface area (Å²) in [6, 6.07) is 0. The second kappa shape index (κ2) is 2.88. The Morgan fingerprint density at radius 1 is 1.50 bits per heavy atom. The predicted octanol–water partition coefficient (Wildman–Crippen LogP) is 1.38. The van der Waals surface area contributed by atoms with Gasteiger partial charge in [-0.25, -0.2) is 0 Å². The Balaban J connectivity index is 2.14. The van der Waals surface area contributed by atoms with E-state index in [-0.39, 0.29) is 11.8 Å². The van der Waals surface area contributed by atoms with Crippen LogP contribution in [0.1, 0.15) is 26.2 Å². The monoisotopic (exact) mass is 167 g/mol. The minimum absolute atomic E-state index is 0.0425. The highest BCUT2D eigenvalue weighted by atomic mass is 16.5. The summed E-state index contributed by atoms with van der Waals surface area (Å²) in [6.07, 6.45) is 3.23. The van der Waals surface area contributed by atoms with E-state index in [0.29, 0.717) is 18.4 Å². The molecule has 1 aliphatic carbocycles. The number of hydrogen-bond donors (Lipinski definition) is 0. The Morgan fingerprint density at radius 3 is 3.00 bits per heavy atom. The molecule has 2 atom stereocenters. The van der Waals surface area contributed by atoms with E-state index in [1.54, 1.807) is 0 Å². The lowest BCUT2D eigenvalue weighted by molar-refractivity contribution is -0.120. The van der Waals surface area contributed by atoms with Crippen LogP contribution in [0.4, 0.5) is 0 Å². The molecule has 0 N–H and O–H groups in total. The molecule has 2 rings (SSSR count). The lowest BCUT2D eigenvalue weighted by atomic mass is 9.99. The molecule has 0 bridgehead atoms. The fourth-order valence-corrected chi connectivity index (χ4v) is 2.11. The molecule has 1 aliphatic heterocycles. The molecule has 3 heteroatoms. The maximum Gasteiger partial charge on any atom is 0.252 e. The number of nitrogens with zero attached hydrogens (tertiary/aromatic N) is 1.